The number of carbonyl (C=O) groups is 1. The van der Waals surface area contributed by atoms with Crippen LogP contribution in [0.15, 0.2) is 0 Å². The molecular weight excluding hydrogens is 228 g/mol. The fourth-order valence-corrected chi connectivity index (χ4v) is 3.08. The third kappa shape index (κ3) is 2.86. The van der Waals surface area contributed by atoms with Crippen LogP contribution in [0.3, 0.4) is 0 Å². The highest BCUT2D eigenvalue weighted by Crippen LogP contribution is 2.37. The minimum atomic E-state index is -0.388. The Labute approximate surface area is 110 Å². The van der Waals surface area contributed by atoms with E-state index in [9.17, 15) is 4.79 Å². The molecule has 0 atom stereocenters. The standard InChI is InChI=1S/C14H26N2O2/c1-13(2,3)18-12(17)14(6-4-5-7-14)16-10-8-15-9-11-16/h15H,4-11H2,1-3H3. The topological polar surface area (TPSA) is 41.6 Å². The molecule has 2 aliphatic rings. The molecule has 1 N–H and O–H groups in total. The molecule has 1 saturated heterocycles. The van der Waals surface area contributed by atoms with Gasteiger partial charge in [0.15, 0.2) is 0 Å². The number of nitrogens with zero attached hydrogens (tertiary/aromatic N) is 1. The first-order valence-corrected chi connectivity index (χ1v) is 7.13. The van der Waals surface area contributed by atoms with Crippen LogP contribution in [0, 0.1) is 0 Å². The summed E-state index contributed by atoms with van der Waals surface area (Å²) in [4.78, 5) is 14.9. The van der Waals surface area contributed by atoms with Gasteiger partial charge in [-0.25, -0.2) is 0 Å². The quantitative estimate of drug-likeness (QED) is 0.759. The maximum absolute atomic E-state index is 12.6. The first kappa shape index (κ1) is 13.8. The Kier molecular flexibility index (Phi) is 3.97. The number of rotatable bonds is 2. The van der Waals surface area contributed by atoms with E-state index in [1.807, 2.05) is 20.8 Å². The van der Waals surface area contributed by atoms with Crippen molar-refractivity contribution < 1.29 is 9.53 Å². The Morgan fingerprint density at radius 2 is 1.72 bits per heavy atom. The SMILES string of the molecule is CC(C)(C)OC(=O)C1(N2CCNCC2)CCCC1. The Balaban J connectivity index is 2.12. The molecule has 0 aromatic rings. The van der Waals surface area contributed by atoms with Gasteiger partial charge in [-0.05, 0) is 33.6 Å². The van der Waals surface area contributed by atoms with Crippen LogP contribution in [0.5, 0.6) is 0 Å². The molecule has 2 fully saturated rings. The predicted molar refractivity (Wildman–Crippen MR) is 71.5 cm³/mol. The van der Waals surface area contributed by atoms with Crippen LogP contribution in [-0.4, -0.2) is 48.2 Å². The van der Waals surface area contributed by atoms with E-state index in [2.05, 4.69) is 10.2 Å². The number of ether oxygens (including phenoxy) is 1. The van der Waals surface area contributed by atoms with Crippen LogP contribution in [0.4, 0.5) is 0 Å². The molecule has 1 aliphatic carbocycles. The average Bonchev–Trinajstić information content (AvgIpc) is 2.78. The molecule has 0 aromatic heterocycles. The van der Waals surface area contributed by atoms with Crippen LogP contribution in [0.2, 0.25) is 0 Å². The van der Waals surface area contributed by atoms with Crippen LogP contribution in [0.1, 0.15) is 46.5 Å². The van der Waals surface area contributed by atoms with Gasteiger partial charge in [0.2, 0.25) is 0 Å². The first-order valence-electron chi connectivity index (χ1n) is 7.13. The van der Waals surface area contributed by atoms with E-state index in [1.165, 1.54) is 0 Å². The van der Waals surface area contributed by atoms with Crippen LogP contribution >= 0.6 is 0 Å². The third-order valence-corrected chi connectivity index (χ3v) is 3.93. The van der Waals surface area contributed by atoms with Crippen LogP contribution in [-0.2, 0) is 9.53 Å². The highest BCUT2D eigenvalue weighted by molar-refractivity contribution is 5.81. The maximum atomic E-state index is 12.6. The van der Waals surface area contributed by atoms with E-state index < -0.39 is 0 Å². The zero-order chi connectivity index (χ0) is 13.2. The average molecular weight is 254 g/mol. The van der Waals surface area contributed by atoms with E-state index in [0.29, 0.717) is 0 Å². The normalized spacial score (nSPS) is 25.1. The molecule has 18 heavy (non-hydrogen) atoms. The fourth-order valence-electron chi connectivity index (χ4n) is 3.08. The molecule has 0 aromatic carbocycles. The highest BCUT2D eigenvalue weighted by Gasteiger charge is 2.48. The van der Waals surface area contributed by atoms with Crippen molar-refractivity contribution in [1.29, 1.82) is 0 Å². The molecule has 2 rings (SSSR count). The molecule has 0 bridgehead atoms. The summed E-state index contributed by atoms with van der Waals surface area (Å²) in [5.41, 5.74) is -0.726. The number of carbonyl (C=O) groups excluding carboxylic acids is 1. The van der Waals surface area contributed by atoms with E-state index in [0.717, 1.165) is 51.9 Å². The van der Waals surface area contributed by atoms with Gasteiger partial charge < -0.3 is 10.1 Å². The summed E-state index contributed by atoms with van der Waals surface area (Å²) >= 11 is 0. The van der Waals surface area contributed by atoms with Crippen LogP contribution < -0.4 is 5.32 Å². The maximum Gasteiger partial charge on any atom is 0.327 e. The second kappa shape index (κ2) is 5.17. The van der Waals surface area contributed by atoms with Crippen molar-refractivity contribution in [3.8, 4) is 0 Å². The summed E-state index contributed by atoms with van der Waals surface area (Å²) in [6.45, 7) is 9.72. The third-order valence-electron chi connectivity index (χ3n) is 3.93. The second-order valence-corrected chi connectivity index (χ2v) is 6.48. The minimum Gasteiger partial charge on any atom is -0.459 e. The van der Waals surface area contributed by atoms with Gasteiger partial charge in [-0.15, -0.1) is 0 Å². The summed E-state index contributed by atoms with van der Waals surface area (Å²) in [7, 11) is 0. The molecule has 4 nitrogen and oxygen atoms in total. The number of hydrogen-bond acceptors (Lipinski definition) is 4. The van der Waals surface area contributed by atoms with Gasteiger partial charge in [0.05, 0.1) is 0 Å². The first-order chi connectivity index (χ1) is 8.44. The summed E-state index contributed by atoms with van der Waals surface area (Å²) in [6.07, 6.45) is 4.20. The van der Waals surface area contributed by atoms with Crippen molar-refractivity contribution in [2.24, 2.45) is 0 Å². The smallest absolute Gasteiger partial charge is 0.327 e. The van der Waals surface area contributed by atoms with Crippen molar-refractivity contribution in [2.45, 2.75) is 57.6 Å². The summed E-state index contributed by atoms with van der Waals surface area (Å²) in [5, 5.41) is 3.35. The number of nitrogens with one attached hydrogen (secondary N) is 1. The Bertz CT molecular complexity index is 297. The van der Waals surface area contributed by atoms with E-state index >= 15 is 0 Å². The van der Waals surface area contributed by atoms with Gasteiger partial charge in [0.25, 0.3) is 0 Å². The minimum absolute atomic E-state index is 0.00519. The summed E-state index contributed by atoms with van der Waals surface area (Å²) in [6, 6.07) is 0. The van der Waals surface area contributed by atoms with Gasteiger partial charge in [-0.1, -0.05) is 12.8 Å². The molecule has 104 valence electrons. The van der Waals surface area contributed by atoms with Gasteiger partial charge in [-0.2, -0.15) is 0 Å². The van der Waals surface area contributed by atoms with Gasteiger partial charge >= 0.3 is 5.97 Å². The van der Waals surface area contributed by atoms with Crippen molar-refractivity contribution in [1.82, 2.24) is 10.2 Å². The molecule has 4 heteroatoms. The molecule has 1 heterocycles. The van der Waals surface area contributed by atoms with Crippen molar-refractivity contribution >= 4 is 5.97 Å². The predicted octanol–water partition coefficient (Wildman–Crippen LogP) is 1.55. The number of hydrogen-bond donors (Lipinski definition) is 1. The molecule has 1 saturated carbocycles. The van der Waals surface area contributed by atoms with Crippen molar-refractivity contribution in [3.05, 3.63) is 0 Å². The number of piperazine rings is 1. The lowest BCUT2D eigenvalue weighted by atomic mass is 9.93. The lowest BCUT2D eigenvalue weighted by molar-refractivity contribution is -0.170. The van der Waals surface area contributed by atoms with Gasteiger partial charge in [0, 0.05) is 26.2 Å². The lowest BCUT2D eigenvalue weighted by Gasteiger charge is -2.42. The molecule has 0 spiro atoms. The lowest BCUT2D eigenvalue weighted by Crippen LogP contribution is -2.60. The molecule has 1 aliphatic heterocycles. The summed E-state index contributed by atoms with van der Waals surface area (Å²) < 4.78 is 5.68. The van der Waals surface area contributed by atoms with Crippen LogP contribution in [0.25, 0.3) is 0 Å². The van der Waals surface area contributed by atoms with Crippen molar-refractivity contribution in [2.75, 3.05) is 26.2 Å². The monoisotopic (exact) mass is 254 g/mol. The molecular formula is C14H26N2O2. The highest BCUT2D eigenvalue weighted by atomic mass is 16.6. The Morgan fingerprint density at radius 1 is 1.17 bits per heavy atom. The largest absolute Gasteiger partial charge is 0.459 e. The zero-order valence-corrected chi connectivity index (χ0v) is 11.9. The Morgan fingerprint density at radius 3 is 2.22 bits per heavy atom. The van der Waals surface area contributed by atoms with Gasteiger partial charge in [-0.3, -0.25) is 9.69 Å². The second-order valence-electron chi connectivity index (χ2n) is 6.48. The molecule has 0 unspecified atom stereocenters. The van der Waals surface area contributed by atoms with E-state index in [4.69, 9.17) is 4.74 Å². The fraction of sp³-hybridized carbons (Fsp3) is 0.929. The Hall–Kier alpha value is -0.610. The number of esters is 1. The molecule has 0 radical (unpaired) electrons. The zero-order valence-electron chi connectivity index (χ0n) is 11.9. The van der Waals surface area contributed by atoms with Crippen molar-refractivity contribution in [3.63, 3.8) is 0 Å². The van der Waals surface area contributed by atoms with E-state index in [1.54, 1.807) is 0 Å². The molecule has 0 amide bonds. The summed E-state index contributed by atoms with van der Waals surface area (Å²) in [5.74, 6) is -0.00519. The van der Waals surface area contributed by atoms with Gasteiger partial charge in [0.1, 0.15) is 11.1 Å². The van der Waals surface area contributed by atoms with E-state index in [-0.39, 0.29) is 17.1 Å².